The summed E-state index contributed by atoms with van der Waals surface area (Å²) in [4.78, 5) is 11.6. The van der Waals surface area contributed by atoms with Gasteiger partial charge in [-0.3, -0.25) is 4.79 Å². The zero-order valence-corrected chi connectivity index (χ0v) is 9.39. The first kappa shape index (κ1) is 13.6. The van der Waals surface area contributed by atoms with Gasteiger partial charge in [0.1, 0.15) is 5.69 Å². The normalized spacial score (nSPS) is 19.0. The molecule has 19 heavy (non-hydrogen) atoms. The number of carboxylic acid groups (broad SMARTS) is 1. The quantitative estimate of drug-likeness (QED) is 0.513. The van der Waals surface area contributed by atoms with Crippen molar-refractivity contribution in [2.75, 3.05) is 18.0 Å². The maximum atomic E-state index is 13.5. The van der Waals surface area contributed by atoms with Crippen molar-refractivity contribution in [1.82, 2.24) is 0 Å². The Labute approximate surface area is 104 Å². The Morgan fingerprint density at radius 2 is 1.47 bits per heavy atom. The van der Waals surface area contributed by atoms with Gasteiger partial charge < -0.3 is 10.0 Å². The molecule has 1 heterocycles. The number of benzene rings is 1. The van der Waals surface area contributed by atoms with Crippen molar-refractivity contribution in [2.24, 2.45) is 5.92 Å². The SMILES string of the molecule is O=C(O)C1CCN(c2c(F)c(F)c(F)c(F)c2F)C1. The number of hydrogen-bond acceptors (Lipinski definition) is 2. The summed E-state index contributed by atoms with van der Waals surface area (Å²) < 4.78 is 65.8. The largest absolute Gasteiger partial charge is 0.481 e. The van der Waals surface area contributed by atoms with E-state index in [1.54, 1.807) is 0 Å². The molecule has 0 saturated carbocycles. The van der Waals surface area contributed by atoms with E-state index < -0.39 is 46.7 Å². The van der Waals surface area contributed by atoms with Crippen LogP contribution in [0, 0.1) is 35.0 Å². The van der Waals surface area contributed by atoms with Gasteiger partial charge in [-0.15, -0.1) is 0 Å². The molecule has 1 N–H and O–H groups in total. The van der Waals surface area contributed by atoms with E-state index >= 15 is 0 Å². The minimum Gasteiger partial charge on any atom is -0.481 e. The van der Waals surface area contributed by atoms with Crippen LogP contribution in [-0.4, -0.2) is 24.2 Å². The molecule has 2 rings (SSSR count). The van der Waals surface area contributed by atoms with Gasteiger partial charge in [-0.2, -0.15) is 0 Å². The Bertz CT molecular complexity index is 519. The smallest absolute Gasteiger partial charge is 0.308 e. The standard InChI is InChI=1S/C11H8F5NO2/c12-5-6(13)8(15)10(9(16)7(5)14)17-2-1-4(3-17)11(18)19/h4H,1-3H2,(H,18,19). The summed E-state index contributed by atoms with van der Waals surface area (Å²) in [6.45, 7) is -0.386. The number of halogens is 5. The van der Waals surface area contributed by atoms with Gasteiger partial charge in [0.2, 0.25) is 5.82 Å². The van der Waals surface area contributed by atoms with Gasteiger partial charge in [-0.1, -0.05) is 0 Å². The molecule has 1 aromatic carbocycles. The Hall–Kier alpha value is -1.86. The minimum atomic E-state index is -2.23. The van der Waals surface area contributed by atoms with E-state index in [0.717, 1.165) is 4.90 Å². The molecule has 0 bridgehead atoms. The van der Waals surface area contributed by atoms with Gasteiger partial charge in [0.15, 0.2) is 23.3 Å². The highest BCUT2D eigenvalue weighted by Crippen LogP contribution is 2.33. The second kappa shape index (κ2) is 4.67. The number of hydrogen-bond donors (Lipinski definition) is 1. The second-order valence-corrected chi connectivity index (χ2v) is 4.19. The minimum absolute atomic E-state index is 0.0782. The Balaban J connectivity index is 2.44. The van der Waals surface area contributed by atoms with Gasteiger partial charge in [0, 0.05) is 13.1 Å². The third kappa shape index (κ3) is 2.11. The van der Waals surface area contributed by atoms with Crippen molar-refractivity contribution in [1.29, 1.82) is 0 Å². The highest BCUT2D eigenvalue weighted by atomic mass is 19.2. The van der Waals surface area contributed by atoms with E-state index in [4.69, 9.17) is 5.11 Å². The van der Waals surface area contributed by atoms with Crippen LogP contribution in [0.5, 0.6) is 0 Å². The van der Waals surface area contributed by atoms with E-state index in [1.807, 2.05) is 0 Å². The fraction of sp³-hybridized carbons (Fsp3) is 0.364. The molecule has 104 valence electrons. The van der Waals surface area contributed by atoms with Crippen molar-refractivity contribution in [3.05, 3.63) is 29.1 Å². The lowest BCUT2D eigenvalue weighted by molar-refractivity contribution is -0.140. The van der Waals surface area contributed by atoms with E-state index in [9.17, 15) is 26.7 Å². The molecule has 0 amide bonds. The molecule has 1 aromatic rings. The van der Waals surface area contributed by atoms with Crippen molar-refractivity contribution >= 4 is 11.7 Å². The molecule has 0 spiro atoms. The maximum absolute atomic E-state index is 13.5. The molecule has 3 nitrogen and oxygen atoms in total. The molecule has 0 aliphatic carbocycles. The van der Waals surface area contributed by atoms with E-state index in [2.05, 4.69) is 0 Å². The summed E-state index contributed by atoms with van der Waals surface area (Å²) in [7, 11) is 0. The Morgan fingerprint density at radius 3 is 1.89 bits per heavy atom. The average Bonchev–Trinajstić information content (AvgIpc) is 2.84. The van der Waals surface area contributed by atoms with E-state index in [1.165, 1.54) is 0 Å². The summed E-state index contributed by atoms with van der Waals surface area (Å²) in [5.41, 5.74) is -1.07. The lowest BCUT2D eigenvalue weighted by Crippen LogP contribution is -2.25. The number of rotatable bonds is 2. The summed E-state index contributed by atoms with van der Waals surface area (Å²) in [6, 6.07) is 0. The zero-order valence-electron chi connectivity index (χ0n) is 9.39. The molecule has 0 aromatic heterocycles. The van der Waals surface area contributed by atoms with Crippen LogP contribution in [0.25, 0.3) is 0 Å². The lowest BCUT2D eigenvalue weighted by Gasteiger charge is -2.20. The van der Waals surface area contributed by atoms with Gasteiger partial charge in [-0.25, -0.2) is 22.0 Å². The molecular weight excluding hydrogens is 273 g/mol. The van der Waals surface area contributed by atoms with Gasteiger partial charge in [0.25, 0.3) is 0 Å². The Kier molecular flexibility index (Phi) is 3.34. The molecule has 1 fully saturated rings. The third-order valence-electron chi connectivity index (χ3n) is 3.04. The van der Waals surface area contributed by atoms with Crippen LogP contribution in [0.15, 0.2) is 0 Å². The fourth-order valence-electron chi connectivity index (χ4n) is 2.04. The van der Waals surface area contributed by atoms with Crippen molar-refractivity contribution in [3.8, 4) is 0 Å². The fourth-order valence-corrected chi connectivity index (χ4v) is 2.04. The van der Waals surface area contributed by atoms with Crippen LogP contribution in [0.2, 0.25) is 0 Å². The molecular formula is C11H8F5NO2. The van der Waals surface area contributed by atoms with Crippen LogP contribution < -0.4 is 4.90 Å². The summed E-state index contributed by atoms with van der Waals surface area (Å²) in [5.74, 6) is -12.3. The van der Waals surface area contributed by atoms with Crippen molar-refractivity contribution in [3.63, 3.8) is 0 Å². The number of anilines is 1. The summed E-state index contributed by atoms with van der Waals surface area (Å²) >= 11 is 0. The predicted molar refractivity (Wildman–Crippen MR) is 54.2 cm³/mol. The molecule has 1 unspecified atom stereocenters. The highest BCUT2D eigenvalue weighted by Gasteiger charge is 2.34. The van der Waals surface area contributed by atoms with Crippen LogP contribution in [-0.2, 0) is 4.79 Å². The molecule has 1 aliphatic heterocycles. The van der Waals surface area contributed by atoms with Crippen LogP contribution >= 0.6 is 0 Å². The molecule has 1 atom stereocenters. The number of aliphatic carboxylic acids is 1. The van der Waals surface area contributed by atoms with Crippen LogP contribution in [0.3, 0.4) is 0 Å². The first-order valence-corrected chi connectivity index (χ1v) is 5.33. The van der Waals surface area contributed by atoms with E-state index in [-0.39, 0.29) is 19.5 Å². The zero-order chi connectivity index (χ0) is 14.3. The monoisotopic (exact) mass is 281 g/mol. The molecule has 1 saturated heterocycles. The highest BCUT2D eigenvalue weighted by molar-refractivity contribution is 5.72. The number of carbonyl (C=O) groups is 1. The maximum Gasteiger partial charge on any atom is 0.308 e. The van der Waals surface area contributed by atoms with Gasteiger partial charge in [-0.05, 0) is 6.42 Å². The molecule has 1 aliphatic rings. The number of carboxylic acids is 1. The number of nitrogens with zero attached hydrogens (tertiary/aromatic N) is 1. The third-order valence-corrected chi connectivity index (χ3v) is 3.04. The Morgan fingerprint density at radius 1 is 1.00 bits per heavy atom. The van der Waals surface area contributed by atoms with Crippen molar-refractivity contribution in [2.45, 2.75) is 6.42 Å². The molecule has 0 radical (unpaired) electrons. The van der Waals surface area contributed by atoms with E-state index in [0.29, 0.717) is 0 Å². The summed E-state index contributed by atoms with van der Waals surface area (Å²) in [6.07, 6.45) is 0.0782. The van der Waals surface area contributed by atoms with Gasteiger partial charge in [0.05, 0.1) is 5.92 Å². The van der Waals surface area contributed by atoms with Crippen LogP contribution in [0.1, 0.15) is 6.42 Å². The topological polar surface area (TPSA) is 40.5 Å². The lowest BCUT2D eigenvalue weighted by atomic mass is 10.1. The molecule has 8 heteroatoms. The first-order chi connectivity index (χ1) is 8.84. The summed E-state index contributed by atoms with van der Waals surface area (Å²) in [5, 5.41) is 8.75. The average molecular weight is 281 g/mol. The van der Waals surface area contributed by atoms with Crippen LogP contribution in [0.4, 0.5) is 27.6 Å². The van der Waals surface area contributed by atoms with Crippen molar-refractivity contribution < 1.29 is 31.9 Å². The van der Waals surface area contributed by atoms with Gasteiger partial charge >= 0.3 is 5.97 Å². The predicted octanol–water partition coefficient (Wildman–Crippen LogP) is 2.29. The first-order valence-electron chi connectivity index (χ1n) is 5.33. The second-order valence-electron chi connectivity index (χ2n) is 4.19.